The normalized spacial score (nSPS) is 20.1. The number of hydrogen-bond acceptors (Lipinski definition) is 6. The van der Waals surface area contributed by atoms with E-state index in [1.54, 1.807) is 36.4 Å². The topological polar surface area (TPSA) is 85.3 Å². The van der Waals surface area contributed by atoms with Crippen LogP contribution in [0.5, 0.6) is 17.2 Å². The van der Waals surface area contributed by atoms with Gasteiger partial charge in [0.25, 0.3) is 11.7 Å². The SMILES string of the molecule is CCOc1ccc(C2/C(=C(\O)c3ccc4c(c3)CC(C)O4)C(=O)C(=O)N2c2cccc(C)c2)cc1OC. The summed E-state index contributed by atoms with van der Waals surface area (Å²) in [6, 6.07) is 17.1. The molecule has 0 bridgehead atoms. The Morgan fingerprint density at radius 3 is 2.62 bits per heavy atom. The lowest BCUT2D eigenvalue weighted by Crippen LogP contribution is -2.29. The average Bonchev–Trinajstić information content (AvgIpc) is 3.39. The first-order chi connectivity index (χ1) is 17.8. The van der Waals surface area contributed by atoms with Gasteiger partial charge in [0.05, 0.1) is 25.3 Å². The van der Waals surface area contributed by atoms with Crippen LogP contribution in [0.25, 0.3) is 5.76 Å². The van der Waals surface area contributed by atoms with Gasteiger partial charge in [0.15, 0.2) is 11.5 Å². The summed E-state index contributed by atoms with van der Waals surface area (Å²) in [5.74, 6) is 0.0997. The molecule has 0 aliphatic carbocycles. The van der Waals surface area contributed by atoms with Crippen LogP contribution in [0.1, 0.15) is 42.1 Å². The molecule has 2 aliphatic heterocycles. The molecule has 0 saturated carbocycles. The Kier molecular flexibility index (Phi) is 6.38. The molecule has 2 atom stereocenters. The van der Waals surface area contributed by atoms with Crippen LogP contribution in [0, 0.1) is 6.92 Å². The third kappa shape index (κ3) is 4.31. The van der Waals surface area contributed by atoms with Crippen molar-refractivity contribution in [1.82, 2.24) is 0 Å². The number of rotatable bonds is 6. The molecule has 1 amide bonds. The Morgan fingerprint density at radius 2 is 1.89 bits per heavy atom. The average molecular weight is 500 g/mol. The van der Waals surface area contributed by atoms with Gasteiger partial charge in [-0.05, 0) is 79.9 Å². The number of methoxy groups -OCH3 is 1. The summed E-state index contributed by atoms with van der Waals surface area (Å²) in [6.45, 7) is 6.23. The number of carbonyl (C=O) groups excluding carboxylic acids is 2. The lowest BCUT2D eigenvalue weighted by molar-refractivity contribution is -0.132. The standard InChI is InChI=1S/C30H29NO6/c1-5-36-24-12-9-19(16-25(24)35-4)27-26(28(32)20-10-11-23-21(15-20)14-18(3)37-23)29(33)30(34)31(27)22-8-6-7-17(2)13-22/h6-13,15-16,18,27,32H,5,14H2,1-4H3/b28-26+. The number of aryl methyl sites for hydroxylation is 1. The second kappa shape index (κ2) is 9.65. The third-order valence-corrected chi connectivity index (χ3v) is 6.70. The molecule has 37 heavy (non-hydrogen) atoms. The van der Waals surface area contributed by atoms with Crippen molar-refractivity contribution in [1.29, 1.82) is 0 Å². The lowest BCUT2D eigenvalue weighted by atomic mass is 9.94. The zero-order valence-corrected chi connectivity index (χ0v) is 21.3. The van der Waals surface area contributed by atoms with Crippen molar-refractivity contribution in [2.24, 2.45) is 0 Å². The summed E-state index contributed by atoms with van der Waals surface area (Å²) in [5, 5.41) is 11.5. The molecule has 2 aliphatic rings. The van der Waals surface area contributed by atoms with Gasteiger partial charge in [-0.25, -0.2) is 0 Å². The van der Waals surface area contributed by atoms with Crippen molar-refractivity contribution in [2.75, 3.05) is 18.6 Å². The quantitative estimate of drug-likeness (QED) is 0.280. The Bertz CT molecular complexity index is 1430. The summed E-state index contributed by atoms with van der Waals surface area (Å²) in [4.78, 5) is 28.4. The van der Waals surface area contributed by atoms with Gasteiger partial charge < -0.3 is 19.3 Å². The third-order valence-electron chi connectivity index (χ3n) is 6.70. The van der Waals surface area contributed by atoms with E-state index in [9.17, 15) is 14.7 Å². The highest BCUT2D eigenvalue weighted by molar-refractivity contribution is 6.51. The summed E-state index contributed by atoms with van der Waals surface area (Å²) < 4.78 is 17.0. The van der Waals surface area contributed by atoms with E-state index >= 15 is 0 Å². The first kappa shape index (κ1) is 24.4. The van der Waals surface area contributed by atoms with Gasteiger partial charge >= 0.3 is 0 Å². The number of carbonyl (C=O) groups is 2. The number of aliphatic hydroxyl groups is 1. The molecule has 190 valence electrons. The summed E-state index contributed by atoms with van der Waals surface area (Å²) in [5.41, 5.74) is 3.54. The van der Waals surface area contributed by atoms with E-state index < -0.39 is 17.7 Å². The first-order valence-corrected chi connectivity index (χ1v) is 12.3. The maximum absolute atomic E-state index is 13.5. The summed E-state index contributed by atoms with van der Waals surface area (Å²) in [7, 11) is 1.53. The molecule has 1 fully saturated rings. The number of amides is 1. The maximum Gasteiger partial charge on any atom is 0.300 e. The van der Waals surface area contributed by atoms with Crippen molar-refractivity contribution < 1.29 is 28.9 Å². The number of fused-ring (bicyclic) bond motifs is 1. The molecule has 0 aromatic heterocycles. The van der Waals surface area contributed by atoms with Crippen molar-refractivity contribution in [3.63, 3.8) is 0 Å². The van der Waals surface area contributed by atoms with Crippen LogP contribution >= 0.6 is 0 Å². The first-order valence-electron chi connectivity index (χ1n) is 12.3. The van der Waals surface area contributed by atoms with Crippen molar-refractivity contribution in [3.05, 3.63) is 88.5 Å². The highest BCUT2D eigenvalue weighted by Crippen LogP contribution is 2.44. The Labute approximate surface area is 215 Å². The van der Waals surface area contributed by atoms with Crippen LogP contribution in [0.3, 0.4) is 0 Å². The molecule has 7 nitrogen and oxygen atoms in total. The molecular weight excluding hydrogens is 470 g/mol. The van der Waals surface area contributed by atoms with Crippen LogP contribution < -0.4 is 19.1 Å². The van der Waals surface area contributed by atoms with Gasteiger partial charge in [0, 0.05) is 17.7 Å². The summed E-state index contributed by atoms with van der Waals surface area (Å²) >= 11 is 0. The minimum absolute atomic E-state index is 0.0182. The summed E-state index contributed by atoms with van der Waals surface area (Å²) in [6.07, 6.45) is 0.740. The molecule has 0 spiro atoms. The molecule has 0 radical (unpaired) electrons. The number of benzene rings is 3. The number of ether oxygens (including phenoxy) is 3. The van der Waals surface area contributed by atoms with Crippen molar-refractivity contribution in [3.8, 4) is 17.2 Å². The van der Waals surface area contributed by atoms with Gasteiger partial charge in [-0.3, -0.25) is 14.5 Å². The number of anilines is 1. The number of Topliss-reactive ketones (excluding diaryl/α,β-unsaturated/α-hetero) is 1. The lowest BCUT2D eigenvalue weighted by Gasteiger charge is -2.26. The van der Waals surface area contributed by atoms with E-state index in [1.165, 1.54) is 12.0 Å². The molecule has 1 N–H and O–H groups in total. The number of nitrogens with zero attached hydrogens (tertiary/aromatic N) is 1. The zero-order chi connectivity index (χ0) is 26.3. The van der Waals surface area contributed by atoms with Crippen LogP contribution in [0.15, 0.2) is 66.2 Å². The predicted molar refractivity (Wildman–Crippen MR) is 140 cm³/mol. The van der Waals surface area contributed by atoms with Crippen molar-refractivity contribution in [2.45, 2.75) is 39.3 Å². The van der Waals surface area contributed by atoms with E-state index in [1.807, 2.05) is 45.0 Å². The molecule has 3 aromatic rings. The molecule has 5 rings (SSSR count). The Balaban J connectivity index is 1.70. The maximum atomic E-state index is 13.5. The fourth-order valence-corrected chi connectivity index (χ4v) is 5.05. The number of hydrogen-bond donors (Lipinski definition) is 1. The fraction of sp³-hybridized carbons (Fsp3) is 0.267. The highest BCUT2D eigenvalue weighted by Gasteiger charge is 2.47. The van der Waals surface area contributed by atoms with Gasteiger partial charge in [-0.15, -0.1) is 0 Å². The van der Waals surface area contributed by atoms with Crippen molar-refractivity contribution >= 4 is 23.1 Å². The molecule has 3 aromatic carbocycles. The Hall–Kier alpha value is -4.26. The van der Waals surface area contributed by atoms with Gasteiger partial charge in [0.2, 0.25) is 0 Å². The number of ketones is 1. The molecular formula is C30H29NO6. The fourth-order valence-electron chi connectivity index (χ4n) is 5.05. The number of aliphatic hydroxyl groups excluding tert-OH is 1. The smallest absolute Gasteiger partial charge is 0.300 e. The minimum Gasteiger partial charge on any atom is -0.507 e. The Morgan fingerprint density at radius 1 is 1.08 bits per heavy atom. The highest BCUT2D eigenvalue weighted by atomic mass is 16.5. The van der Waals surface area contributed by atoms with E-state index in [0.29, 0.717) is 41.3 Å². The molecule has 2 unspecified atom stereocenters. The van der Waals surface area contributed by atoms with Crippen LogP contribution in [-0.4, -0.2) is 36.6 Å². The minimum atomic E-state index is -0.866. The van der Waals surface area contributed by atoms with E-state index in [4.69, 9.17) is 14.2 Å². The second-order valence-electron chi connectivity index (χ2n) is 9.31. The molecule has 2 heterocycles. The molecule has 1 saturated heterocycles. The van der Waals surface area contributed by atoms with E-state index in [0.717, 1.165) is 16.9 Å². The van der Waals surface area contributed by atoms with Crippen LogP contribution in [-0.2, 0) is 16.0 Å². The zero-order valence-electron chi connectivity index (χ0n) is 21.3. The largest absolute Gasteiger partial charge is 0.507 e. The van der Waals surface area contributed by atoms with Crippen LogP contribution in [0.2, 0.25) is 0 Å². The second-order valence-corrected chi connectivity index (χ2v) is 9.31. The monoisotopic (exact) mass is 499 g/mol. The van der Waals surface area contributed by atoms with Crippen LogP contribution in [0.4, 0.5) is 5.69 Å². The van der Waals surface area contributed by atoms with E-state index in [-0.39, 0.29) is 17.4 Å². The van der Waals surface area contributed by atoms with E-state index in [2.05, 4.69) is 0 Å². The molecule has 7 heteroatoms. The predicted octanol–water partition coefficient (Wildman–Crippen LogP) is 5.35. The van der Waals surface area contributed by atoms with Gasteiger partial charge in [-0.1, -0.05) is 18.2 Å². The van der Waals surface area contributed by atoms with Gasteiger partial charge in [0.1, 0.15) is 17.6 Å². The van der Waals surface area contributed by atoms with Gasteiger partial charge in [-0.2, -0.15) is 0 Å².